The molecule has 18 heavy (non-hydrogen) atoms. The zero-order valence-corrected chi connectivity index (χ0v) is 10.6. The third-order valence-corrected chi connectivity index (χ3v) is 3.98. The fourth-order valence-corrected chi connectivity index (χ4v) is 2.96. The first-order valence-electron chi connectivity index (χ1n) is 6.80. The summed E-state index contributed by atoms with van der Waals surface area (Å²) in [5.41, 5.74) is 0. The van der Waals surface area contributed by atoms with Crippen LogP contribution in [0.4, 0.5) is 0 Å². The number of likely N-dealkylation sites (tertiary alicyclic amines) is 1. The second-order valence-electron chi connectivity index (χ2n) is 5.25. The van der Waals surface area contributed by atoms with E-state index < -0.39 is 0 Å². The smallest absolute Gasteiger partial charge is 0.240 e. The first-order chi connectivity index (χ1) is 8.76. The third kappa shape index (κ3) is 2.82. The van der Waals surface area contributed by atoms with E-state index in [9.17, 15) is 4.79 Å². The molecule has 0 aromatic carbocycles. The van der Waals surface area contributed by atoms with Crippen molar-refractivity contribution in [2.24, 2.45) is 5.92 Å². The zero-order chi connectivity index (χ0) is 13.0. The van der Waals surface area contributed by atoms with Crippen molar-refractivity contribution in [1.82, 2.24) is 10.2 Å². The lowest BCUT2D eigenvalue weighted by Gasteiger charge is -2.23. The first kappa shape index (κ1) is 13.3. The molecule has 3 atom stereocenters. The lowest BCUT2D eigenvalue weighted by molar-refractivity contribution is -0.133. The van der Waals surface area contributed by atoms with Gasteiger partial charge in [0.2, 0.25) is 5.91 Å². The molecule has 1 amide bonds. The van der Waals surface area contributed by atoms with E-state index >= 15 is 0 Å². The summed E-state index contributed by atoms with van der Waals surface area (Å²) in [5.74, 6) is 0.569. The fraction of sp³-hybridized carbons (Fsp3) is 0.846. The van der Waals surface area contributed by atoms with Gasteiger partial charge in [0.25, 0.3) is 0 Å². The Morgan fingerprint density at radius 2 is 2.39 bits per heavy atom. The summed E-state index contributed by atoms with van der Waals surface area (Å²) < 4.78 is 0. The monoisotopic (exact) mass is 251 g/mol. The van der Waals surface area contributed by atoms with Crippen LogP contribution in [-0.2, 0) is 4.79 Å². The predicted molar refractivity (Wildman–Crippen MR) is 66.6 cm³/mol. The molecule has 5 heteroatoms. The molecule has 5 nitrogen and oxygen atoms in total. The van der Waals surface area contributed by atoms with Gasteiger partial charge in [-0.1, -0.05) is 0 Å². The molecule has 0 spiro atoms. The van der Waals surface area contributed by atoms with E-state index in [1.165, 1.54) is 0 Å². The average Bonchev–Trinajstić information content (AvgIpc) is 3.04. The van der Waals surface area contributed by atoms with E-state index in [2.05, 4.69) is 11.4 Å². The van der Waals surface area contributed by atoms with Crippen LogP contribution in [0.2, 0.25) is 0 Å². The fourth-order valence-electron chi connectivity index (χ4n) is 2.96. The van der Waals surface area contributed by atoms with Crippen molar-refractivity contribution in [1.29, 1.82) is 5.26 Å². The normalized spacial score (nSPS) is 31.6. The van der Waals surface area contributed by atoms with Gasteiger partial charge in [0, 0.05) is 13.2 Å². The molecule has 0 aliphatic carbocycles. The van der Waals surface area contributed by atoms with E-state index in [0.717, 1.165) is 45.2 Å². The quantitative estimate of drug-likeness (QED) is 0.751. The van der Waals surface area contributed by atoms with Gasteiger partial charge in [0.1, 0.15) is 6.04 Å². The minimum Gasteiger partial charge on any atom is -0.396 e. The van der Waals surface area contributed by atoms with Crippen molar-refractivity contribution < 1.29 is 9.90 Å². The highest BCUT2D eigenvalue weighted by Gasteiger charge is 2.36. The number of aliphatic hydroxyl groups excluding tert-OH is 1. The second-order valence-corrected chi connectivity index (χ2v) is 5.25. The molecule has 0 saturated carbocycles. The van der Waals surface area contributed by atoms with Crippen molar-refractivity contribution in [2.45, 2.75) is 44.2 Å². The highest BCUT2D eigenvalue weighted by atomic mass is 16.2. The van der Waals surface area contributed by atoms with Crippen molar-refractivity contribution in [3.05, 3.63) is 0 Å². The maximum Gasteiger partial charge on any atom is 0.240 e. The Kier molecular flexibility index (Phi) is 4.56. The highest BCUT2D eigenvalue weighted by Crippen LogP contribution is 2.24. The Hall–Kier alpha value is -1.12. The van der Waals surface area contributed by atoms with Gasteiger partial charge in [-0.2, -0.15) is 5.26 Å². The summed E-state index contributed by atoms with van der Waals surface area (Å²) in [5, 5.41) is 21.1. The largest absolute Gasteiger partial charge is 0.396 e. The number of carbonyl (C=O) groups is 1. The molecule has 2 fully saturated rings. The van der Waals surface area contributed by atoms with Crippen molar-refractivity contribution in [2.75, 3.05) is 19.7 Å². The average molecular weight is 251 g/mol. The highest BCUT2D eigenvalue weighted by molar-refractivity contribution is 5.83. The van der Waals surface area contributed by atoms with Crippen LogP contribution in [0.15, 0.2) is 0 Å². The number of hydrogen-bond acceptors (Lipinski definition) is 4. The van der Waals surface area contributed by atoms with Crippen LogP contribution in [0.1, 0.15) is 32.1 Å². The van der Waals surface area contributed by atoms with Crippen molar-refractivity contribution >= 4 is 5.91 Å². The van der Waals surface area contributed by atoms with Crippen LogP contribution < -0.4 is 5.32 Å². The molecule has 2 aliphatic rings. The second kappa shape index (κ2) is 6.17. The summed E-state index contributed by atoms with van der Waals surface area (Å²) in [6, 6.07) is 1.86. The molecule has 2 N–H and O–H groups in total. The van der Waals surface area contributed by atoms with Crippen LogP contribution >= 0.6 is 0 Å². The first-order valence-corrected chi connectivity index (χ1v) is 6.80. The SMILES string of the molecule is N#C[C@@H]1CCCN1C(=O)[C@@H]1C[C@H](CCCO)CN1. The molecule has 0 aromatic heterocycles. The summed E-state index contributed by atoms with van der Waals surface area (Å²) in [6.07, 6.45) is 4.35. The van der Waals surface area contributed by atoms with Gasteiger partial charge in [-0.3, -0.25) is 4.79 Å². The number of amides is 1. The number of nitriles is 1. The van der Waals surface area contributed by atoms with Gasteiger partial charge in [-0.05, 0) is 44.6 Å². The minimum atomic E-state index is -0.226. The Morgan fingerprint density at radius 1 is 1.56 bits per heavy atom. The van der Waals surface area contributed by atoms with E-state index in [0.29, 0.717) is 5.92 Å². The number of nitrogens with zero attached hydrogens (tertiary/aromatic N) is 2. The molecule has 2 heterocycles. The zero-order valence-electron chi connectivity index (χ0n) is 10.6. The Bertz CT molecular complexity index is 340. The van der Waals surface area contributed by atoms with Crippen molar-refractivity contribution in [3.63, 3.8) is 0 Å². The molecule has 0 bridgehead atoms. The molecular formula is C13H21N3O2. The standard InChI is InChI=1S/C13H21N3O2/c14-8-11-4-1-5-16(11)13(18)12-7-10(9-15-12)3-2-6-17/h10-12,15,17H,1-7,9H2/t10-,11-,12-/m0/s1. The van der Waals surface area contributed by atoms with Crippen LogP contribution in [-0.4, -0.2) is 47.7 Å². The minimum absolute atomic E-state index is 0.0885. The third-order valence-electron chi connectivity index (χ3n) is 3.98. The lowest BCUT2D eigenvalue weighted by Crippen LogP contribution is -2.45. The Balaban J connectivity index is 1.85. The summed E-state index contributed by atoms with van der Waals surface area (Å²) in [4.78, 5) is 14.0. The van der Waals surface area contributed by atoms with Crippen LogP contribution in [0.25, 0.3) is 0 Å². The van der Waals surface area contributed by atoms with Crippen LogP contribution in [0.3, 0.4) is 0 Å². The number of aliphatic hydroxyl groups is 1. The summed E-state index contributed by atoms with van der Waals surface area (Å²) >= 11 is 0. The van der Waals surface area contributed by atoms with Gasteiger partial charge in [0.15, 0.2) is 0 Å². The number of carbonyl (C=O) groups excluding carboxylic acids is 1. The number of hydrogen-bond donors (Lipinski definition) is 2. The molecule has 2 saturated heterocycles. The molecule has 0 radical (unpaired) electrons. The number of rotatable bonds is 4. The van der Waals surface area contributed by atoms with Crippen molar-refractivity contribution in [3.8, 4) is 6.07 Å². The van der Waals surface area contributed by atoms with Crippen LogP contribution in [0, 0.1) is 17.2 Å². The predicted octanol–water partition coefficient (Wildman–Crippen LogP) is 0.252. The van der Waals surface area contributed by atoms with Gasteiger partial charge >= 0.3 is 0 Å². The molecular weight excluding hydrogens is 230 g/mol. The maximum absolute atomic E-state index is 12.3. The van der Waals surface area contributed by atoms with E-state index in [1.54, 1.807) is 4.90 Å². The van der Waals surface area contributed by atoms with Gasteiger partial charge in [0.05, 0.1) is 12.1 Å². The Labute approximate surface area is 108 Å². The van der Waals surface area contributed by atoms with E-state index in [-0.39, 0.29) is 24.6 Å². The Morgan fingerprint density at radius 3 is 3.11 bits per heavy atom. The van der Waals surface area contributed by atoms with E-state index in [1.807, 2.05) is 0 Å². The molecule has 100 valence electrons. The topological polar surface area (TPSA) is 76.4 Å². The van der Waals surface area contributed by atoms with Gasteiger partial charge < -0.3 is 15.3 Å². The maximum atomic E-state index is 12.3. The summed E-state index contributed by atoms with van der Waals surface area (Å²) in [7, 11) is 0. The molecule has 2 rings (SSSR count). The van der Waals surface area contributed by atoms with Gasteiger partial charge in [-0.25, -0.2) is 0 Å². The summed E-state index contributed by atoms with van der Waals surface area (Å²) in [6.45, 7) is 1.79. The number of nitrogens with one attached hydrogen (secondary N) is 1. The molecule has 2 aliphatic heterocycles. The van der Waals surface area contributed by atoms with E-state index in [4.69, 9.17) is 10.4 Å². The molecule has 0 aromatic rings. The van der Waals surface area contributed by atoms with Gasteiger partial charge in [-0.15, -0.1) is 0 Å². The molecule has 0 unspecified atom stereocenters. The lowest BCUT2D eigenvalue weighted by atomic mass is 9.99. The van der Waals surface area contributed by atoms with Crippen LogP contribution in [0.5, 0.6) is 0 Å².